The fourth-order valence-corrected chi connectivity index (χ4v) is 2.88. The van der Waals surface area contributed by atoms with Crippen LogP contribution in [-0.4, -0.2) is 61.5 Å². The van der Waals surface area contributed by atoms with Gasteiger partial charge < -0.3 is 10.4 Å². The van der Waals surface area contributed by atoms with Gasteiger partial charge in [-0.15, -0.1) is 0 Å². The van der Waals surface area contributed by atoms with E-state index < -0.39 is 23.1 Å². The molecule has 0 aliphatic rings. The fraction of sp³-hybridized carbons (Fsp3) is 0.0625. The van der Waals surface area contributed by atoms with E-state index >= 15 is 0 Å². The van der Waals surface area contributed by atoms with Gasteiger partial charge in [0.15, 0.2) is 0 Å². The van der Waals surface area contributed by atoms with Gasteiger partial charge >= 0.3 is 0 Å². The van der Waals surface area contributed by atoms with Gasteiger partial charge in [0.2, 0.25) is 0 Å². The van der Waals surface area contributed by atoms with Crippen LogP contribution in [0.5, 0.6) is 0 Å². The summed E-state index contributed by atoms with van der Waals surface area (Å²) in [6.45, 7) is 1.37. The van der Waals surface area contributed by atoms with E-state index in [4.69, 9.17) is 12.2 Å². The van der Waals surface area contributed by atoms with Crippen molar-refractivity contribution in [1.82, 2.24) is 0 Å². The molecule has 2 N–H and O–H groups in total. The van der Waals surface area contributed by atoms with Gasteiger partial charge in [-0.2, -0.15) is 0 Å². The van der Waals surface area contributed by atoms with E-state index in [1.54, 1.807) is 0 Å². The van der Waals surface area contributed by atoms with Crippen LogP contribution in [0.4, 0.5) is 18.9 Å². The second-order valence-corrected chi connectivity index (χ2v) is 5.90. The summed E-state index contributed by atoms with van der Waals surface area (Å²) in [5, 5.41) is 12.3. The molecule has 0 atom stereocenters. The van der Waals surface area contributed by atoms with E-state index in [1.165, 1.54) is 31.2 Å². The number of allylic oxidation sites excluding steroid dienone is 1. The number of aliphatic hydroxyl groups excluding tert-OH is 1. The van der Waals surface area contributed by atoms with Gasteiger partial charge in [-0.1, -0.05) is 40.3 Å². The van der Waals surface area contributed by atoms with E-state index in [9.17, 15) is 18.3 Å². The van der Waals surface area contributed by atoms with Gasteiger partial charge in [0.1, 0.15) is 28.1 Å². The molecule has 0 fully saturated rings. The predicted octanol–water partition coefficient (Wildman–Crippen LogP) is 5.21. The van der Waals surface area contributed by atoms with Crippen LogP contribution < -0.4 is 5.32 Å². The van der Waals surface area contributed by atoms with Crippen LogP contribution in [0.15, 0.2) is 46.6 Å². The van der Waals surface area contributed by atoms with Crippen LogP contribution in [0.3, 0.4) is 0 Å². The van der Waals surface area contributed by atoms with Crippen molar-refractivity contribution in [2.24, 2.45) is 0 Å². The summed E-state index contributed by atoms with van der Waals surface area (Å²) in [4.78, 5) is -0.0960. The molecule has 0 amide bonds. The van der Waals surface area contributed by atoms with E-state index in [1.807, 2.05) is 0 Å². The number of nitrogens with one attached hydrogen (secondary N) is 1. The number of anilines is 1. The van der Waals surface area contributed by atoms with Crippen LogP contribution in [0.1, 0.15) is 12.5 Å². The molecule has 2 aromatic carbocycles. The summed E-state index contributed by atoms with van der Waals surface area (Å²) in [6.07, 6.45) is 0. The summed E-state index contributed by atoms with van der Waals surface area (Å²) >= 11 is 8.33. The number of para-hydroxylation sites is 1. The molecule has 0 unspecified atom stereocenters. The Balaban J connectivity index is 0.00000288. The molecule has 0 saturated carbocycles. The molecule has 1 radical (unpaired) electrons. The van der Waals surface area contributed by atoms with Gasteiger partial charge in [-0.05, 0) is 31.2 Å². The second-order valence-electron chi connectivity index (χ2n) is 4.64. The summed E-state index contributed by atoms with van der Waals surface area (Å²) < 4.78 is 41.0. The number of hydrogen-bond donors (Lipinski definition) is 2. The Morgan fingerprint density at radius 2 is 1.71 bits per heavy atom. The smallest absolute Gasteiger partial charge is 0.149 e. The Labute approximate surface area is 193 Å². The Morgan fingerprint density at radius 1 is 1.12 bits per heavy atom. The van der Waals surface area contributed by atoms with Crippen molar-refractivity contribution in [2.75, 3.05) is 5.32 Å². The van der Waals surface area contributed by atoms with Crippen molar-refractivity contribution < 1.29 is 18.3 Å². The quantitative estimate of drug-likeness (QED) is 0.297. The van der Waals surface area contributed by atoms with E-state index in [2.05, 4.69) is 21.2 Å². The second kappa shape index (κ2) is 9.47. The molecule has 0 aliphatic heterocycles. The molecular weight excluding hydrogens is 430 g/mol. The maximum Gasteiger partial charge on any atom is 0.149 e. The Morgan fingerprint density at radius 3 is 2.21 bits per heavy atom. The third kappa shape index (κ3) is 5.14. The summed E-state index contributed by atoms with van der Waals surface area (Å²) in [7, 11) is 0. The van der Waals surface area contributed by atoms with Crippen LogP contribution in [-0.2, 0) is 0 Å². The number of benzene rings is 2. The van der Waals surface area contributed by atoms with Gasteiger partial charge in [0.05, 0.1) is 11.3 Å². The van der Waals surface area contributed by atoms with Crippen molar-refractivity contribution in [3.05, 3.63) is 69.6 Å². The van der Waals surface area contributed by atoms with Crippen molar-refractivity contribution in [2.45, 2.75) is 6.92 Å². The fourth-order valence-electron chi connectivity index (χ4n) is 1.97. The van der Waals surface area contributed by atoms with E-state index in [-0.39, 0.29) is 67.7 Å². The molecular formula is C16H11BrF3KNOS. The van der Waals surface area contributed by atoms with E-state index in [0.717, 1.165) is 12.1 Å². The molecule has 2 aromatic rings. The summed E-state index contributed by atoms with van der Waals surface area (Å²) in [6, 6.07) is 7.18. The van der Waals surface area contributed by atoms with Crippen LogP contribution in [0, 0.1) is 17.5 Å². The molecule has 0 heterocycles. The van der Waals surface area contributed by atoms with Crippen molar-refractivity contribution in [3.63, 3.8) is 0 Å². The SMILES string of the molecule is CC(O)=C(C(=S)Nc1c(F)cccc1F)c1ccc(F)cc1Br.[K]. The van der Waals surface area contributed by atoms with Crippen molar-refractivity contribution in [3.8, 4) is 0 Å². The minimum Gasteiger partial charge on any atom is -0.512 e. The van der Waals surface area contributed by atoms with Crippen molar-refractivity contribution in [1.29, 1.82) is 0 Å². The maximum atomic E-state index is 13.7. The molecule has 0 saturated heterocycles. The molecule has 0 bridgehead atoms. The normalized spacial score (nSPS) is 11.4. The maximum absolute atomic E-state index is 13.7. The molecule has 24 heavy (non-hydrogen) atoms. The third-order valence-electron chi connectivity index (χ3n) is 2.99. The average Bonchev–Trinajstić information content (AvgIpc) is 2.45. The van der Waals surface area contributed by atoms with Gasteiger partial charge in [-0.3, -0.25) is 0 Å². The Hall–Kier alpha value is -0.224. The average molecular weight is 441 g/mol. The first-order chi connectivity index (χ1) is 10.8. The third-order valence-corrected chi connectivity index (χ3v) is 3.95. The van der Waals surface area contributed by atoms with Gasteiger partial charge in [0.25, 0.3) is 0 Å². The Bertz CT molecular complexity index is 790. The molecule has 8 heteroatoms. The topological polar surface area (TPSA) is 32.3 Å². The molecule has 0 aromatic heterocycles. The minimum atomic E-state index is -0.819. The number of hydrogen-bond acceptors (Lipinski definition) is 2. The van der Waals surface area contributed by atoms with Gasteiger partial charge in [0, 0.05) is 61.4 Å². The Kier molecular flexibility index (Phi) is 8.61. The number of rotatable bonds is 3. The van der Waals surface area contributed by atoms with Crippen LogP contribution in [0.2, 0.25) is 0 Å². The number of aliphatic hydroxyl groups is 1. The first-order valence-corrected chi connectivity index (χ1v) is 7.62. The number of thiocarbonyl (C=S) groups is 1. The zero-order chi connectivity index (χ0) is 17.1. The zero-order valence-electron chi connectivity index (χ0n) is 12.8. The van der Waals surface area contributed by atoms with Crippen LogP contribution >= 0.6 is 28.1 Å². The largest absolute Gasteiger partial charge is 0.512 e. The van der Waals surface area contributed by atoms with Crippen LogP contribution in [0.25, 0.3) is 5.57 Å². The predicted molar refractivity (Wildman–Crippen MR) is 97.7 cm³/mol. The van der Waals surface area contributed by atoms with Gasteiger partial charge in [-0.25, -0.2) is 13.2 Å². The first-order valence-electron chi connectivity index (χ1n) is 6.42. The summed E-state index contributed by atoms with van der Waals surface area (Å²) in [5.41, 5.74) is 0.102. The molecule has 0 aliphatic carbocycles. The summed E-state index contributed by atoms with van der Waals surface area (Å²) in [5.74, 6) is -2.29. The monoisotopic (exact) mass is 440 g/mol. The number of halogens is 4. The first kappa shape index (κ1) is 21.8. The van der Waals surface area contributed by atoms with E-state index in [0.29, 0.717) is 10.0 Å². The van der Waals surface area contributed by atoms with Crippen molar-refractivity contribution >= 4 is 95.8 Å². The standard InChI is InChI=1S/C16H11BrF3NOS.K/c1-8(22)14(10-6-5-9(18)7-11(10)17)16(23)21-15-12(19)3-2-4-13(15)20;/h2-7,22H,1H3,(H,21,23);. The molecule has 0 spiro atoms. The molecule has 121 valence electrons. The zero-order valence-corrected chi connectivity index (χ0v) is 18.4. The molecule has 2 nitrogen and oxygen atoms in total. The molecule has 2 rings (SSSR count). The minimum absolute atomic E-state index is 0.